The molecule has 0 spiro atoms. The zero-order chi connectivity index (χ0) is 17.5. The first-order chi connectivity index (χ1) is 11.4. The summed E-state index contributed by atoms with van der Waals surface area (Å²) >= 11 is 0. The standard InChI is InChI=1S/C17H28N4O3/c1-12(2)10-21(17(23)18-14-7-5-4-6-8-14)11-16(22)19-15-9-13(3)24-20-15/h9,12,14H,4-8,10-11H2,1-3H3,(H,18,23)(H,19,20,22). The molecule has 0 saturated heterocycles. The van der Waals surface area contributed by atoms with Crippen LogP contribution in [0.2, 0.25) is 0 Å². The molecule has 1 heterocycles. The molecule has 24 heavy (non-hydrogen) atoms. The fourth-order valence-corrected chi connectivity index (χ4v) is 2.95. The summed E-state index contributed by atoms with van der Waals surface area (Å²) in [6.07, 6.45) is 5.58. The van der Waals surface area contributed by atoms with Crippen molar-refractivity contribution in [2.45, 2.75) is 58.9 Å². The summed E-state index contributed by atoms with van der Waals surface area (Å²) in [7, 11) is 0. The minimum atomic E-state index is -0.275. The van der Waals surface area contributed by atoms with Crippen molar-refractivity contribution in [3.8, 4) is 0 Å². The Bertz CT molecular complexity index is 550. The van der Waals surface area contributed by atoms with Crippen LogP contribution in [0.3, 0.4) is 0 Å². The van der Waals surface area contributed by atoms with Crippen molar-refractivity contribution in [2.24, 2.45) is 5.92 Å². The molecular formula is C17H28N4O3. The first-order valence-electron chi connectivity index (χ1n) is 8.72. The van der Waals surface area contributed by atoms with Gasteiger partial charge in [-0.2, -0.15) is 0 Å². The molecule has 0 aliphatic heterocycles. The van der Waals surface area contributed by atoms with Crippen molar-refractivity contribution in [3.63, 3.8) is 0 Å². The van der Waals surface area contributed by atoms with Crippen LogP contribution in [-0.4, -0.2) is 41.1 Å². The molecule has 1 fully saturated rings. The van der Waals surface area contributed by atoms with Gasteiger partial charge in [-0.3, -0.25) is 4.79 Å². The maximum atomic E-state index is 12.5. The fraction of sp³-hybridized carbons (Fsp3) is 0.706. The Hall–Kier alpha value is -2.05. The highest BCUT2D eigenvalue weighted by Crippen LogP contribution is 2.17. The molecular weight excluding hydrogens is 308 g/mol. The fourth-order valence-electron chi connectivity index (χ4n) is 2.95. The van der Waals surface area contributed by atoms with Crippen molar-refractivity contribution in [3.05, 3.63) is 11.8 Å². The third-order valence-corrected chi connectivity index (χ3v) is 4.04. The Morgan fingerprint density at radius 2 is 2.04 bits per heavy atom. The van der Waals surface area contributed by atoms with Gasteiger partial charge in [0.1, 0.15) is 12.3 Å². The lowest BCUT2D eigenvalue weighted by Gasteiger charge is -2.29. The van der Waals surface area contributed by atoms with E-state index in [0.29, 0.717) is 18.1 Å². The number of carbonyl (C=O) groups excluding carboxylic acids is 2. The van der Waals surface area contributed by atoms with E-state index in [1.807, 2.05) is 13.8 Å². The second-order valence-electron chi connectivity index (χ2n) is 6.93. The van der Waals surface area contributed by atoms with Crippen LogP contribution in [0.1, 0.15) is 51.7 Å². The van der Waals surface area contributed by atoms with Crippen molar-refractivity contribution < 1.29 is 14.1 Å². The Balaban J connectivity index is 1.90. The lowest BCUT2D eigenvalue weighted by molar-refractivity contribution is -0.116. The summed E-state index contributed by atoms with van der Waals surface area (Å²) in [5.74, 6) is 1.00. The van der Waals surface area contributed by atoms with E-state index >= 15 is 0 Å². The summed E-state index contributed by atoms with van der Waals surface area (Å²) in [6.45, 7) is 6.34. The predicted octanol–water partition coefficient (Wildman–Crippen LogP) is 2.92. The summed E-state index contributed by atoms with van der Waals surface area (Å²) in [5.41, 5.74) is 0. The second kappa shape index (κ2) is 8.70. The molecule has 1 aliphatic rings. The Morgan fingerprint density at radius 1 is 1.33 bits per heavy atom. The number of urea groups is 1. The van der Waals surface area contributed by atoms with Gasteiger partial charge >= 0.3 is 6.03 Å². The zero-order valence-corrected chi connectivity index (χ0v) is 14.8. The maximum absolute atomic E-state index is 12.5. The highest BCUT2D eigenvalue weighted by Gasteiger charge is 2.22. The highest BCUT2D eigenvalue weighted by atomic mass is 16.5. The first kappa shape index (κ1) is 18.3. The molecule has 7 nitrogen and oxygen atoms in total. The predicted molar refractivity (Wildman–Crippen MR) is 91.7 cm³/mol. The number of hydrogen-bond donors (Lipinski definition) is 2. The number of aryl methyl sites for hydroxylation is 1. The van der Waals surface area contributed by atoms with Crippen molar-refractivity contribution in [1.29, 1.82) is 0 Å². The summed E-state index contributed by atoms with van der Waals surface area (Å²) < 4.78 is 4.93. The molecule has 3 amide bonds. The number of hydrogen-bond acceptors (Lipinski definition) is 4. The van der Waals surface area contributed by atoms with Gasteiger partial charge in [0, 0.05) is 18.7 Å². The summed E-state index contributed by atoms with van der Waals surface area (Å²) in [6, 6.07) is 1.71. The van der Waals surface area contributed by atoms with E-state index in [1.165, 1.54) is 6.42 Å². The van der Waals surface area contributed by atoms with Crippen LogP contribution < -0.4 is 10.6 Å². The summed E-state index contributed by atoms with van der Waals surface area (Å²) in [4.78, 5) is 26.3. The Kier molecular flexibility index (Phi) is 6.63. The smallest absolute Gasteiger partial charge is 0.318 e. The van der Waals surface area contributed by atoms with Crippen molar-refractivity contribution in [1.82, 2.24) is 15.4 Å². The average molecular weight is 336 g/mol. The summed E-state index contributed by atoms with van der Waals surface area (Å²) in [5, 5.41) is 9.47. The number of amides is 3. The Morgan fingerprint density at radius 3 is 2.62 bits per heavy atom. The third-order valence-electron chi connectivity index (χ3n) is 4.04. The van der Waals surface area contributed by atoms with E-state index in [9.17, 15) is 9.59 Å². The first-order valence-corrected chi connectivity index (χ1v) is 8.72. The molecule has 0 radical (unpaired) electrons. The van der Waals surface area contributed by atoms with Crippen LogP contribution in [0.15, 0.2) is 10.6 Å². The van der Waals surface area contributed by atoms with Gasteiger partial charge in [0.2, 0.25) is 5.91 Å². The van der Waals surface area contributed by atoms with E-state index < -0.39 is 0 Å². The number of anilines is 1. The lowest BCUT2D eigenvalue weighted by Crippen LogP contribution is -2.49. The number of aromatic nitrogens is 1. The SMILES string of the molecule is Cc1cc(NC(=O)CN(CC(C)C)C(=O)NC2CCCCC2)no1. The molecule has 1 aliphatic carbocycles. The number of nitrogens with zero attached hydrogens (tertiary/aromatic N) is 2. The molecule has 134 valence electrons. The van der Waals surface area contributed by atoms with Gasteiger partial charge in [-0.1, -0.05) is 38.3 Å². The van der Waals surface area contributed by atoms with E-state index in [4.69, 9.17) is 4.52 Å². The second-order valence-corrected chi connectivity index (χ2v) is 6.93. The molecule has 2 N–H and O–H groups in total. The van der Waals surface area contributed by atoms with E-state index in [2.05, 4.69) is 15.8 Å². The van der Waals surface area contributed by atoms with Gasteiger partial charge in [-0.25, -0.2) is 4.79 Å². The maximum Gasteiger partial charge on any atom is 0.318 e. The van der Waals surface area contributed by atoms with Crippen LogP contribution in [0.5, 0.6) is 0 Å². The van der Waals surface area contributed by atoms with Crippen LogP contribution >= 0.6 is 0 Å². The monoisotopic (exact) mass is 336 g/mol. The molecule has 0 aromatic carbocycles. The van der Waals surface area contributed by atoms with Gasteiger partial charge in [0.05, 0.1) is 0 Å². The molecule has 0 bridgehead atoms. The van der Waals surface area contributed by atoms with Crippen LogP contribution in [0, 0.1) is 12.8 Å². The number of carbonyl (C=O) groups is 2. The van der Waals surface area contributed by atoms with Crippen LogP contribution in [0.4, 0.5) is 10.6 Å². The quantitative estimate of drug-likeness (QED) is 0.836. The molecule has 2 rings (SSSR count). The van der Waals surface area contributed by atoms with Gasteiger partial charge in [-0.05, 0) is 25.7 Å². The molecule has 1 aromatic heterocycles. The lowest BCUT2D eigenvalue weighted by atomic mass is 9.96. The largest absolute Gasteiger partial charge is 0.360 e. The van der Waals surface area contributed by atoms with E-state index in [1.54, 1.807) is 17.9 Å². The molecule has 0 atom stereocenters. The van der Waals surface area contributed by atoms with Gasteiger partial charge in [0.15, 0.2) is 5.82 Å². The average Bonchev–Trinajstić information content (AvgIpc) is 2.92. The Labute approximate surface area is 143 Å². The van der Waals surface area contributed by atoms with Crippen molar-refractivity contribution >= 4 is 17.8 Å². The molecule has 0 unspecified atom stereocenters. The molecule has 1 aromatic rings. The van der Waals surface area contributed by atoms with Crippen LogP contribution in [0.25, 0.3) is 0 Å². The van der Waals surface area contributed by atoms with Gasteiger partial charge in [-0.15, -0.1) is 0 Å². The number of rotatable bonds is 6. The topological polar surface area (TPSA) is 87.5 Å². The highest BCUT2D eigenvalue weighted by molar-refractivity contribution is 5.93. The third kappa shape index (κ3) is 5.86. The molecule has 1 saturated carbocycles. The van der Waals surface area contributed by atoms with E-state index in [-0.39, 0.29) is 30.4 Å². The number of nitrogens with one attached hydrogen (secondary N) is 2. The van der Waals surface area contributed by atoms with E-state index in [0.717, 1.165) is 25.7 Å². The minimum Gasteiger partial charge on any atom is -0.360 e. The van der Waals surface area contributed by atoms with Crippen LogP contribution in [-0.2, 0) is 4.79 Å². The molecule has 7 heteroatoms. The zero-order valence-electron chi connectivity index (χ0n) is 14.8. The normalized spacial score (nSPS) is 15.3. The van der Waals surface area contributed by atoms with Gasteiger partial charge in [0.25, 0.3) is 0 Å². The van der Waals surface area contributed by atoms with Crippen molar-refractivity contribution in [2.75, 3.05) is 18.4 Å². The van der Waals surface area contributed by atoms with Gasteiger partial charge < -0.3 is 20.1 Å². The minimum absolute atomic E-state index is 0.00262.